The molecular weight excluding hydrogens is 233 g/mol. The van der Waals surface area contributed by atoms with Crippen molar-refractivity contribution in [2.24, 2.45) is 10.9 Å². The Labute approximate surface area is 106 Å². The summed E-state index contributed by atoms with van der Waals surface area (Å²) in [7, 11) is 0. The second kappa shape index (κ2) is 7.45. The summed E-state index contributed by atoms with van der Waals surface area (Å²) in [5.41, 5.74) is 6.72. The normalized spacial score (nSPS) is 12.2. The smallest absolute Gasteiger partial charge is 0.170 e. The molecule has 1 rings (SSSR count). The van der Waals surface area contributed by atoms with E-state index in [1.165, 1.54) is 12.1 Å². The summed E-state index contributed by atoms with van der Waals surface area (Å²) in [6.45, 7) is 3.33. The van der Waals surface area contributed by atoms with Gasteiger partial charge in [-0.05, 0) is 37.6 Å². The third-order valence-corrected chi connectivity index (χ3v) is 2.49. The van der Waals surface area contributed by atoms with Gasteiger partial charge in [0.1, 0.15) is 5.82 Å². The third-order valence-electron chi connectivity index (χ3n) is 2.49. The van der Waals surface area contributed by atoms with Crippen molar-refractivity contribution in [3.8, 4) is 0 Å². The summed E-state index contributed by atoms with van der Waals surface area (Å²) in [5, 5.41) is 14.8. The molecule has 0 radical (unpaired) electrons. The molecule has 0 saturated heterocycles. The van der Waals surface area contributed by atoms with Crippen LogP contribution in [0.1, 0.15) is 24.5 Å². The molecule has 0 saturated carbocycles. The maximum atomic E-state index is 13.1. The van der Waals surface area contributed by atoms with E-state index in [0.717, 1.165) is 18.5 Å². The predicted molar refractivity (Wildman–Crippen MR) is 70.0 cm³/mol. The fourth-order valence-corrected chi connectivity index (χ4v) is 1.57. The topological polar surface area (TPSA) is 70.6 Å². The molecule has 0 unspecified atom stereocenters. The van der Waals surface area contributed by atoms with Gasteiger partial charge in [-0.25, -0.2) is 4.39 Å². The van der Waals surface area contributed by atoms with Crippen molar-refractivity contribution < 1.29 is 9.60 Å². The lowest BCUT2D eigenvalue weighted by atomic mass is 10.1. The summed E-state index contributed by atoms with van der Waals surface area (Å²) < 4.78 is 13.1. The largest absolute Gasteiger partial charge is 0.409 e. The molecule has 0 atom stereocenters. The van der Waals surface area contributed by atoms with Crippen molar-refractivity contribution in [3.05, 3.63) is 47.3 Å². The number of nitrogens with zero attached hydrogens (tertiary/aromatic N) is 1. The number of nitrogens with one attached hydrogen (secondary N) is 1. The van der Waals surface area contributed by atoms with Crippen LogP contribution in [-0.2, 0) is 6.54 Å². The van der Waals surface area contributed by atoms with Gasteiger partial charge in [-0.15, -0.1) is 0 Å². The lowest BCUT2D eigenvalue weighted by Crippen LogP contribution is -2.20. The molecule has 0 spiro atoms. The summed E-state index contributed by atoms with van der Waals surface area (Å²) >= 11 is 0. The maximum Gasteiger partial charge on any atom is 0.170 e. The first-order valence-electron chi connectivity index (χ1n) is 5.77. The van der Waals surface area contributed by atoms with Crippen molar-refractivity contribution in [2.75, 3.05) is 6.54 Å². The Hall–Kier alpha value is -1.88. The molecule has 1 aromatic carbocycles. The average Bonchev–Trinajstić information content (AvgIpc) is 2.39. The number of halogens is 1. The first-order chi connectivity index (χ1) is 8.69. The van der Waals surface area contributed by atoms with Gasteiger partial charge in [0, 0.05) is 12.1 Å². The second-order valence-corrected chi connectivity index (χ2v) is 3.82. The van der Waals surface area contributed by atoms with Gasteiger partial charge in [-0.1, -0.05) is 23.4 Å². The van der Waals surface area contributed by atoms with Crippen LogP contribution in [-0.4, -0.2) is 17.6 Å². The molecule has 4 nitrogen and oxygen atoms in total. The van der Waals surface area contributed by atoms with Gasteiger partial charge in [-0.3, -0.25) is 0 Å². The van der Waals surface area contributed by atoms with E-state index in [9.17, 15) is 4.39 Å². The monoisotopic (exact) mass is 251 g/mol. The number of hydrogen-bond acceptors (Lipinski definition) is 3. The van der Waals surface area contributed by atoms with E-state index in [4.69, 9.17) is 10.9 Å². The van der Waals surface area contributed by atoms with Crippen LogP contribution < -0.4 is 11.1 Å². The lowest BCUT2D eigenvalue weighted by molar-refractivity contribution is 0.318. The van der Waals surface area contributed by atoms with Gasteiger partial charge >= 0.3 is 0 Å². The zero-order chi connectivity index (χ0) is 13.4. The molecular formula is C13H18FN3O. The number of rotatable bonds is 6. The second-order valence-electron chi connectivity index (χ2n) is 3.82. The van der Waals surface area contributed by atoms with Gasteiger partial charge in [0.05, 0.1) is 0 Å². The van der Waals surface area contributed by atoms with Gasteiger partial charge in [0.15, 0.2) is 5.84 Å². The van der Waals surface area contributed by atoms with Crippen LogP contribution in [0, 0.1) is 5.82 Å². The van der Waals surface area contributed by atoms with Gasteiger partial charge in [-0.2, -0.15) is 0 Å². The molecule has 4 N–H and O–H groups in total. The molecule has 0 fully saturated rings. The number of oxime groups is 1. The molecule has 1 aromatic rings. The fraction of sp³-hybridized carbons (Fsp3) is 0.308. The van der Waals surface area contributed by atoms with E-state index in [2.05, 4.69) is 16.5 Å². The van der Waals surface area contributed by atoms with Crippen molar-refractivity contribution >= 4 is 5.84 Å². The van der Waals surface area contributed by atoms with Crippen LogP contribution >= 0.6 is 0 Å². The standard InChI is InChI=1S/C13H18FN3O/c1-2-3-4-7-16-9-10-5-6-11(14)8-12(10)13(15)17-18/h2-3,5-6,8,16,18H,4,7,9H2,1H3,(H2,15,17)/b3-2+. The van der Waals surface area contributed by atoms with Crippen molar-refractivity contribution in [1.82, 2.24) is 5.32 Å². The van der Waals surface area contributed by atoms with Crippen LogP contribution in [0.3, 0.4) is 0 Å². The van der Waals surface area contributed by atoms with E-state index >= 15 is 0 Å². The summed E-state index contributed by atoms with van der Waals surface area (Å²) in [5.74, 6) is -0.492. The quantitative estimate of drug-likeness (QED) is 0.181. The Balaban J connectivity index is 2.70. The minimum atomic E-state index is -0.408. The zero-order valence-corrected chi connectivity index (χ0v) is 10.4. The number of allylic oxidation sites excluding steroid dienone is 1. The van der Waals surface area contributed by atoms with E-state index in [1.807, 2.05) is 13.0 Å². The molecule has 98 valence electrons. The number of hydrogen-bond donors (Lipinski definition) is 3. The summed E-state index contributed by atoms with van der Waals surface area (Å²) in [6, 6.07) is 4.25. The van der Waals surface area contributed by atoms with E-state index in [1.54, 1.807) is 6.07 Å². The minimum Gasteiger partial charge on any atom is -0.409 e. The van der Waals surface area contributed by atoms with Crippen LogP contribution in [0.5, 0.6) is 0 Å². The molecule has 0 amide bonds. The summed E-state index contributed by atoms with van der Waals surface area (Å²) in [6.07, 6.45) is 4.97. The van der Waals surface area contributed by atoms with Crippen LogP contribution in [0.25, 0.3) is 0 Å². The van der Waals surface area contributed by atoms with Crippen LogP contribution in [0.15, 0.2) is 35.5 Å². The Bertz CT molecular complexity index is 444. The predicted octanol–water partition coefficient (Wildman–Crippen LogP) is 1.98. The molecule has 18 heavy (non-hydrogen) atoms. The van der Waals surface area contributed by atoms with Crippen LogP contribution in [0.4, 0.5) is 4.39 Å². The SMILES string of the molecule is C/C=C/CCNCc1ccc(F)cc1/C(N)=N/O. The first kappa shape index (κ1) is 14.2. The maximum absolute atomic E-state index is 13.1. The first-order valence-corrected chi connectivity index (χ1v) is 5.77. The number of amidine groups is 1. The molecule has 0 heterocycles. The third kappa shape index (κ3) is 4.18. The molecule has 0 aromatic heterocycles. The van der Waals surface area contributed by atoms with E-state index in [-0.39, 0.29) is 5.84 Å². The number of nitrogens with two attached hydrogens (primary N) is 1. The molecule has 0 aliphatic carbocycles. The van der Waals surface area contributed by atoms with Gasteiger partial charge < -0.3 is 16.3 Å². The molecule has 5 heteroatoms. The van der Waals surface area contributed by atoms with Crippen molar-refractivity contribution in [2.45, 2.75) is 19.9 Å². The highest BCUT2D eigenvalue weighted by molar-refractivity contribution is 5.98. The Kier molecular flexibility index (Phi) is 5.87. The molecule has 0 aliphatic rings. The van der Waals surface area contributed by atoms with E-state index < -0.39 is 5.82 Å². The average molecular weight is 251 g/mol. The highest BCUT2D eigenvalue weighted by Crippen LogP contribution is 2.11. The highest BCUT2D eigenvalue weighted by atomic mass is 19.1. The fourth-order valence-electron chi connectivity index (χ4n) is 1.57. The Morgan fingerprint density at radius 1 is 1.56 bits per heavy atom. The Morgan fingerprint density at radius 2 is 2.33 bits per heavy atom. The molecule has 0 aliphatic heterocycles. The lowest BCUT2D eigenvalue weighted by Gasteiger charge is -2.09. The van der Waals surface area contributed by atoms with Gasteiger partial charge in [0.25, 0.3) is 0 Å². The number of benzene rings is 1. The molecule has 0 bridgehead atoms. The van der Waals surface area contributed by atoms with Crippen LogP contribution in [0.2, 0.25) is 0 Å². The van der Waals surface area contributed by atoms with Gasteiger partial charge in [0.2, 0.25) is 0 Å². The Morgan fingerprint density at radius 3 is 3.00 bits per heavy atom. The van der Waals surface area contributed by atoms with Crippen molar-refractivity contribution in [3.63, 3.8) is 0 Å². The van der Waals surface area contributed by atoms with E-state index in [0.29, 0.717) is 12.1 Å². The minimum absolute atomic E-state index is 0.0836. The highest BCUT2D eigenvalue weighted by Gasteiger charge is 2.08. The van der Waals surface area contributed by atoms with Crippen molar-refractivity contribution in [1.29, 1.82) is 0 Å². The zero-order valence-electron chi connectivity index (χ0n) is 10.4. The summed E-state index contributed by atoms with van der Waals surface area (Å²) in [4.78, 5) is 0.